The van der Waals surface area contributed by atoms with Gasteiger partial charge in [0.15, 0.2) is 0 Å². The first-order chi connectivity index (χ1) is 17.8. The van der Waals surface area contributed by atoms with Gasteiger partial charge in [-0.15, -0.1) is 0 Å². The Morgan fingerprint density at radius 3 is 0.895 bits per heavy atom. The third-order valence-electron chi connectivity index (χ3n) is 4.58. The van der Waals surface area contributed by atoms with Crippen LogP contribution in [0.4, 0.5) is 0 Å². The first kappa shape index (κ1) is 37.6. The molecule has 3 rings (SSSR count). The molecule has 1 aliphatic rings. The van der Waals surface area contributed by atoms with Gasteiger partial charge in [0.25, 0.3) is 0 Å². The number of fused-ring (bicyclic) bond motifs is 4. The Bertz CT molecular complexity index is 1070. The van der Waals surface area contributed by atoms with E-state index in [2.05, 4.69) is 56.6 Å². The van der Waals surface area contributed by atoms with Crippen molar-refractivity contribution in [2.24, 2.45) is 20.0 Å². The molecule has 3 heterocycles. The zero-order valence-corrected chi connectivity index (χ0v) is 26.9. The molecule has 0 unspecified atom stereocenters. The van der Waals surface area contributed by atoms with Crippen molar-refractivity contribution in [1.29, 1.82) is 0 Å². The summed E-state index contributed by atoms with van der Waals surface area (Å²) in [6, 6.07) is 11.9. The molecule has 1 aliphatic heterocycles. The number of isothiocyanates is 3. The van der Waals surface area contributed by atoms with E-state index in [1.807, 2.05) is 64.1 Å². The first-order valence-corrected chi connectivity index (χ1v) is 12.0. The number of pyridine rings is 2. The Morgan fingerprint density at radius 2 is 0.711 bits per heavy atom. The zero-order chi connectivity index (χ0) is 28.1. The van der Waals surface area contributed by atoms with Crippen LogP contribution in [0.5, 0.6) is 0 Å². The molecule has 0 spiro atoms. The summed E-state index contributed by atoms with van der Waals surface area (Å²) in [4.78, 5) is 27.9. The SMILES string of the molecule is CC1=NCCN=C(C)c2cccc(n2)C(C)=NCCN=C(C)c2cccc1n2.[N-]=C=S.[N-]=C=S.[N-]=C=S.[Y+3]. The van der Waals surface area contributed by atoms with Gasteiger partial charge in [0.05, 0.1) is 71.8 Å². The summed E-state index contributed by atoms with van der Waals surface area (Å²) in [6.07, 6.45) is 0. The normalized spacial score (nSPS) is 12.5. The molecule has 13 heteroatoms. The van der Waals surface area contributed by atoms with Gasteiger partial charge in [-0.2, -0.15) is 15.5 Å². The van der Waals surface area contributed by atoms with E-state index in [1.54, 1.807) is 0 Å². The van der Waals surface area contributed by atoms with Crippen molar-refractivity contribution in [2.75, 3.05) is 26.2 Å². The van der Waals surface area contributed by atoms with Gasteiger partial charge < -0.3 is 16.2 Å². The number of thiocarbonyl (C=S) groups is 3. The van der Waals surface area contributed by atoms with E-state index in [1.165, 1.54) is 15.5 Å². The molecule has 38 heavy (non-hydrogen) atoms. The van der Waals surface area contributed by atoms with E-state index in [9.17, 15) is 0 Å². The van der Waals surface area contributed by atoms with E-state index >= 15 is 0 Å². The molecule has 0 fully saturated rings. The maximum atomic E-state index is 7.13. The van der Waals surface area contributed by atoms with Crippen molar-refractivity contribution in [2.45, 2.75) is 27.7 Å². The van der Waals surface area contributed by atoms with E-state index < -0.39 is 0 Å². The van der Waals surface area contributed by atoms with Crippen LogP contribution in [0.2, 0.25) is 0 Å². The fourth-order valence-electron chi connectivity index (χ4n) is 2.87. The smallest absolute Gasteiger partial charge is 0.753 e. The van der Waals surface area contributed by atoms with Crippen LogP contribution in [-0.4, -0.2) is 74.5 Å². The second kappa shape index (κ2) is 23.6. The molecule has 0 radical (unpaired) electrons. The molecule has 4 bridgehead atoms. The molecule has 0 N–H and O–H groups in total. The molecule has 0 saturated carbocycles. The topological polar surface area (TPSA) is 142 Å². The van der Waals surface area contributed by atoms with Crippen LogP contribution in [0.3, 0.4) is 0 Å². The quantitative estimate of drug-likeness (QED) is 0.281. The fraction of sp³-hybridized carbons (Fsp3) is 0.320. The molecule has 0 atom stereocenters. The van der Waals surface area contributed by atoms with Crippen molar-refractivity contribution in [3.05, 3.63) is 75.4 Å². The summed E-state index contributed by atoms with van der Waals surface area (Å²) in [5.74, 6) is 0. The molecule has 9 nitrogen and oxygen atoms in total. The summed E-state index contributed by atoms with van der Waals surface area (Å²) >= 11 is 11.1. The van der Waals surface area contributed by atoms with Gasteiger partial charge in [0, 0.05) is 0 Å². The minimum absolute atomic E-state index is 0. The molecule has 0 saturated heterocycles. The Morgan fingerprint density at radius 1 is 0.526 bits per heavy atom. The number of hydrogen-bond acceptors (Lipinski definition) is 9. The van der Waals surface area contributed by atoms with Gasteiger partial charge in [-0.25, -0.2) is 9.97 Å². The second-order valence-corrected chi connectivity index (χ2v) is 7.51. The van der Waals surface area contributed by atoms with Crippen LogP contribution >= 0.6 is 36.7 Å². The van der Waals surface area contributed by atoms with Crippen LogP contribution in [0.15, 0.2) is 56.4 Å². The van der Waals surface area contributed by atoms with Crippen LogP contribution < -0.4 is 0 Å². The first-order valence-electron chi connectivity index (χ1n) is 10.8. The predicted molar refractivity (Wildman–Crippen MR) is 165 cm³/mol. The molecule has 192 valence electrons. The summed E-state index contributed by atoms with van der Waals surface area (Å²) < 4.78 is 0. The molecular weight excluding hydrogens is 611 g/mol. The Balaban J connectivity index is 0. The Hall–Kier alpha value is -2.52. The number of nitrogens with zero attached hydrogens (tertiary/aromatic N) is 9. The summed E-state index contributed by atoms with van der Waals surface area (Å²) in [6.45, 7) is 10.4. The minimum atomic E-state index is 0. The maximum absolute atomic E-state index is 7.13. The predicted octanol–water partition coefficient (Wildman–Crippen LogP) is 5.40. The summed E-state index contributed by atoms with van der Waals surface area (Å²) in [5, 5.41) is 25.4. The summed E-state index contributed by atoms with van der Waals surface area (Å²) in [5.41, 5.74) is 7.12. The number of hydrogen-bond donors (Lipinski definition) is 0. The number of rotatable bonds is 0. The van der Waals surface area contributed by atoms with E-state index in [-0.39, 0.29) is 32.7 Å². The van der Waals surface area contributed by atoms with Gasteiger partial charge >= 0.3 is 32.7 Å². The minimum Gasteiger partial charge on any atom is -0.753 e. The largest absolute Gasteiger partial charge is 3.00 e. The second-order valence-electron chi connectivity index (χ2n) is 6.96. The third-order valence-corrected chi connectivity index (χ3v) is 4.58. The van der Waals surface area contributed by atoms with Gasteiger partial charge in [-0.05, 0) is 52.0 Å². The van der Waals surface area contributed by atoms with Crippen molar-refractivity contribution in [1.82, 2.24) is 9.97 Å². The van der Waals surface area contributed by atoms with Crippen LogP contribution in [-0.2, 0) is 32.7 Å². The fourth-order valence-corrected chi connectivity index (χ4v) is 2.87. The van der Waals surface area contributed by atoms with Gasteiger partial charge in [0.1, 0.15) is 0 Å². The number of aliphatic imine (C=N–C) groups is 4. The molecular formula is C25H26N9S3Y. The van der Waals surface area contributed by atoms with Crippen LogP contribution in [0.25, 0.3) is 16.2 Å². The van der Waals surface area contributed by atoms with Crippen LogP contribution in [0.1, 0.15) is 50.5 Å². The standard InChI is InChI=1S/C22H26N6.3CNS.Y/c1-15-19-7-5-8-20(27-19)16(2)25-13-14-26-18(4)22-10-6-9-21(28-22)17(3)24-12-11-23-15;3*2-1-3;/h5-10H,11-14H2,1-4H3;;;;/q;3*-1;+3. The van der Waals surface area contributed by atoms with Crippen LogP contribution in [0, 0.1) is 0 Å². The maximum Gasteiger partial charge on any atom is 3.00 e. The Labute approximate surface area is 265 Å². The van der Waals surface area contributed by atoms with Gasteiger partial charge in [-0.3, -0.25) is 20.0 Å². The van der Waals surface area contributed by atoms with Crippen molar-refractivity contribution >= 4 is 75.0 Å². The van der Waals surface area contributed by atoms with Crippen molar-refractivity contribution in [3.63, 3.8) is 0 Å². The van der Waals surface area contributed by atoms with E-state index in [4.69, 9.17) is 26.2 Å². The van der Waals surface area contributed by atoms with E-state index in [0.717, 1.165) is 45.6 Å². The number of aromatic nitrogens is 2. The van der Waals surface area contributed by atoms with E-state index in [0.29, 0.717) is 26.2 Å². The van der Waals surface area contributed by atoms with Crippen molar-refractivity contribution < 1.29 is 32.7 Å². The zero-order valence-electron chi connectivity index (χ0n) is 21.6. The van der Waals surface area contributed by atoms with Gasteiger partial charge in [0.2, 0.25) is 0 Å². The van der Waals surface area contributed by atoms with Gasteiger partial charge in [-0.1, -0.05) is 48.8 Å². The Kier molecular flexibility index (Phi) is 23.4. The summed E-state index contributed by atoms with van der Waals surface area (Å²) in [7, 11) is 0. The monoisotopic (exact) mass is 637 g/mol. The molecule has 0 aliphatic carbocycles. The molecule has 2 aromatic rings. The molecule has 0 aromatic carbocycles. The molecule has 2 aromatic heterocycles. The molecule has 0 amide bonds. The third kappa shape index (κ3) is 15.7. The average molecular weight is 638 g/mol. The average Bonchev–Trinajstić information content (AvgIpc) is 2.89. The van der Waals surface area contributed by atoms with Crippen molar-refractivity contribution in [3.8, 4) is 0 Å².